The molecule has 0 bridgehead atoms. The van der Waals surface area contributed by atoms with Crippen LogP contribution in [0.25, 0.3) is 0 Å². The molecule has 1 saturated heterocycles. The predicted octanol–water partition coefficient (Wildman–Crippen LogP) is 0.707. The highest BCUT2D eigenvalue weighted by atomic mass is 16.5. The number of ether oxygens (including phenoxy) is 1. The maximum Gasteiger partial charge on any atom is 0.234 e. The predicted molar refractivity (Wildman–Crippen MR) is 81.8 cm³/mol. The summed E-state index contributed by atoms with van der Waals surface area (Å²) in [6.45, 7) is 10.4. The molecule has 2 N–H and O–H groups in total. The largest absolute Gasteiger partial charge is 0.383 e. The van der Waals surface area contributed by atoms with Crippen LogP contribution in [0.3, 0.4) is 0 Å². The summed E-state index contributed by atoms with van der Waals surface area (Å²) in [6, 6.07) is 0. The van der Waals surface area contributed by atoms with Gasteiger partial charge >= 0.3 is 0 Å². The monoisotopic (exact) mass is 285 g/mol. The van der Waals surface area contributed by atoms with Crippen LogP contribution in [0.4, 0.5) is 0 Å². The van der Waals surface area contributed by atoms with Gasteiger partial charge < -0.3 is 15.4 Å². The van der Waals surface area contributed by atoms with E-state index in [9.17, 15) is 4.79 Å². The van der Waals surface area contributed by atoms with Crippen molar-refractivity contribution < 1.29 is 9.53 Å². The summed E-state index contributed by atoms with van der Waals surface area (Å²) < 4.78 is 5.02. The van der Waals surface area contributed by atoms with E-state index in [0.29, 0.717) is 12.5 Å². The van der Waals surface area contributed by atoms with Crippen molar-refractivity contribution in [3.63, 3.8) is 0 Å². The second kappa shape index (κ2) is 10.1. The smallest absolute Gasteiger partial charge is 0.234 e. The summed E-state index contributed by atoms with van der Waals surface area (Å²) in [5.41, 5.74) is 0. The van der Waals surface area contributed by atoms with E-state index in [1.165, 1.54) is 12.8 Å². The molecule has 0 aromatic rings. The third kappa shape index (κ3) is 7.82. The van der Waals surface area contributed by atoms with E-state index >= 15 is 0 Å². The van der Waals surface area contributed by atoms with Crippen LogP contribution in [0.5, 0.6) is 0 Å². The number of methoxy groups -OCH3 is 1. The van der Waals surface area contributed by atoms with Crippen LogP contribution in [-0.4, -0.2) is 63.8 Å². The normalized spacial score (nSPS) is 17.6. The molecule has 0 radical (unpaired) electrons. The van der Waals surface area contributed by atoms with Crippen LogP contribution in [0.15, 0.2) is 0 Å². The van der Waals surface area contributed by atoms with Crippen LogP contribution in [0, 0.1) is 11.8 Å². The lowest BCUT2D eigenvalue weighted by Gasteiger charge is -2.31. The highest BCUT2D eigenvalue weighted by molar-refractivity contribution is 5.77. The second-order valence-electron chi connectivity index (χ2n) is 6.11. The van der Waals surface area contributed by atoms with Crippen LogP contribution in [-0.2, 0) is 9.53 Å². The number of nitrogens with one attached hydrogen (secondary N) is 2. The minimum atomic E-state index is 0.162. The molecule has 0 aromatic heterocycles. The Hall–Kier alpha value is -0.650. The summed E-state index contributed by atoms with van der Waals surface area (Å²) in [6.07, 6.45) is 2.36. The third-order valence-electron chi connectivity index (χ3n) is 3.70. The standard InChI is InChI=1S/C15H31N3O2/c1-13(2)10-17-15(19)12-18-7-4-14(5-8-18)11-16-6-9-20-3/h13-14,16H,4-12H2,1-3H3,(H,17,19). The first kappa shape index (κ1) is 17.4. The zero-order valence-electron chi connectivity index (χ0n) is 13.3. The Morgan fingerprint density at radius 1 is 1.35 bits per heavy atom. The lowest BCUT2D eigenvalue weighted by molar-refractivity contribution is -0.122. The maximum atomic E-state index is 11.8. The van der Waals surface area contributed by atoms with Gasteiger partial charge in [0.05, 0.1) is 13.2 Å². The molecular weight excluding hydrogens is 254 g/mol. The second-order valence-corrected chi connectivity index (χ2v) is 6.11. The van der Waals surface area contributed by atoms with E-state index < -0.39 is 0 Å². The number of carbonyl (C=O) groups excluding carboxylic acids is 1. The molecule has 0 aromatic carbocycles. The number of hydrogen-bond acceptors (Lipinski definition) is 4. The Bertz CT molecular complexity index is 264. The lowest BCUT2D eigenvalue weighted by atomic mass is 9.97. The van der Waals surface area contributed by atoms with E-state index in [0.717, 1.165) is 45.2 Å². The molecule has 5 nitrogen and oxygen atoms in total. The van der Waals surface area contributed by atoms with E-state index in [1.54, 1.807) is 7.11 Å². The minimum Gasteiger partial charge on any atom is -0.383 e. The van der Waals surface area contributed by atoms with Gasteiger partial charge in [-0.05, 0) is 44.3 Å². The van der Waals surface area contributed by atoms with Gasteiger partial charge in [0.15, 0.2) is 0 Å². The average Bonchev–Trinajstić information content (AvgIpc) is 2.43. The highest BCUT2D eigenvalue weighted by Crippen LogP contribution is 2.15. The number of carbonyl (C=O) groups is 1. The Morgan fingerprint density at radius 3 is 2.65 bits per heavy atom. The molecule has 0 atom stereocenters. The molecule has 0 unspecified atom stereocenters. The molecule has 0 saturated carbocycles. The number of nitrogens with zero attached hydrogens (tertiary/aromatic N) is 1. The molecule has 0 spiro atoms. The minimum absolute atomic E-state index is 0.162. The van der Waals surface area contributed by atoms with Crippen molar-refractivity contribution in [3.05, 3.63) is 0 Å². The number of amides is 1. The molecule has 1 amide bonds. The Balaban J connectivity index is 2.08. The van der Waals surface area contributed by atoms with Crippen molar-refractivity contribution in [3.8, 4) is 0 Å². The topological polar surface area (TPSA) is 53.6 Å². The van der Waals surface area contributed by atoms with Crippen LogP contribution in [0.1, 0.15) is 26.7 Å². The van der Waals surface area contributed by atoms with Gasteiger partial charge in [-0.25, -0.2) is 0 Å². The zero-order valence-corrected chi connectivity index (χ0v) is 13.3. The zero-order chi connectivity index (χ0) is 14.8. The van der Waals surface area contributed by atoms with Crippen molar-refractivity contribution in [2.75, 3.05) is 53.0 Å². The number of hydrogen-bond donors (Lipinski definition) is 2. The van der Waals surface area contributed by atoms with Crippen LogP contribution < -0.4 is 10.6 Å². The van der Waals surface area contributed by atoms with E-state index in [-0.39, 0.29) is 5.91 Å². The highest BCUT2D eigenvalue weighted by Gasteiger charge is 2.20. The molecule has 1 heterocycles. The van der Waals surface area contributed by atoms with Crippen molar-refractivity contribution in [2.45, 2.75) is 26.7 Å². The van der Waals surface area contributed by atoms with Gasteiger partial charge in [-0.3, -0.25) is 9.69 Å². The van der Waals surface area contributed by atoms with Crippen molar-refractivity contribution in [1.82, 2.24) is 15.5 Å². The number of piperidine rings is 1. The molecular formula is C15H31N3O2. The molecule has 0 aliphatic carbocycles. The van der Waals surface area contributed by atoms with Gasteiger partial charge in [-0.1, -0.05) is 13.8 Å². The molecule has 1 aliphatic rings. The average molecular weight is 285 g/mol. The SMILES string of the molecule is COCCNCC1CCN(CC(=O)NCC(C)C)CC1. The quantitative estimate of drug-likeness (QED) is 0.613. The van der Waals surface area contributed by atoms with Gasteiger partial charge in [0.25, 0.3) is 0 Å². The molecule has 1 fully saturated rings. The van der Waals surface area contributed by atoms with E-state index in [1.807, 2.05) is 0 Å². The van der Waals surface area contributed by atoms with Gasteiger partial charge in [0.2, 0.25) is 5.91 Å². The summed E-state index contributed by atoms with van der Waals surface area (Å²) in [5.74, 6) is 1.42. The Kier molecular flexibility index (Phi) is 8.82. The van der Waals surface area contributed by atoms with Crippen LogP contribution in [0.2, 0.25) is 0 Å². The molecule has 1 rings (SSSR count). The number of rotatable bonds is 9. The fraction of sp³-hybridized carbons (Fsp3) is 0.933. The third-order valence-corrected chi connectivity index (χ3v) is 3.70. The Morgan fingerprint density at radius 2 is 2.05 bits per heavy atom. The molecule has 118 valence electrons. The maximum absolute atomic E-state index is 11.8. The van der Waals surface area contributed by atoms with Gasteiger partial charge in [-0.15, -0.1) is 0 Å². The van der Waals surface area contributed by atoms with Crippen molar-refractivity contribution >= 4 is 5.91 Å². The summed E-state index contributed by atoms with van der Waals surface area (Å²) in [5, 5.41) is 6.40. The molecule has 5 heteroatoms. The van der Waals surface area contributed by atoms with Gasteiger partial charge in [0, 0.05) is 20.2 Å². The lowest BCUT2D eigenvalue weighted by Crippen LogP contribution is -2.43. The fourth-order valence-electron chi connectivity index (χ4n) is 2.41. The Labute approximate surface area is 123 Å². The van der Waals surface area contributed by atoms with E-state index in [4.69, 9.17) is 4.74 Å². The fourth-order valence-corrected chi connectivity index (χ4v) is 2.41. The molecule has 20 heavy (non-hydrogen) atoms. The first-order valence-electron chi connectivity index (χ1n) is 7.80. The molecule has 1 aliphatic heterocycles. The summed E-state index contributed by atoms with van der Waals surface area (Å²) in [4.78, 5) is 14.0. The van der Waals surface area contributed by atoms with Crippen LogP contribution >= 0.6 is 0 Å². The first-order chi connectivity index (χ1) is 9.61. The van der Waals surface area contributed by atoms with E-state index in [2.05, 4.69) is 29.4 Å². The van der Waals surface area contributed by atoms with Crippen molar-refractivity contribution in [1.29, 1.82) is 0 Å². The van der Waals surface area contributed by atoms with Crippen molar-refractivity contribution in [2.24, 2.45) is 11.8 Å². The first-order valence-corrected chi connectivity index (χ1v) is 7.80. The number of likely N-dealkylation sites (tertiary alicyclic amines) is 1. The summed E-state index contributed by atoms with van der Waals surface area (Å²) >= 11 is 0. The van der Waals surface area contributed by atoms with Gasteiger partial charge in [-0.2, -0.15) is 0 Å². The summed E-state index contributed by atoms with van der Waals surface area (Å²) in [7, 11) is 1.73. The van der Waals surface area contributed by atoms with Gasteiger partial charge in [0.1, 0.15) is 0 Å².